The predicted octanol–water partition coefficient (Wildman–Crippen LogP) is 2.19. The van der Waals surface area contributed by atoms with Crippen molar-refractivity contribution in [1.29, 1.82) is 0 Å². The van der Waals surface area contributed by atoms with E-state index in [0.29, 0.717) is 5.69 Å². The summed E-state index contributed by atoms with van der Waals surface area (Å²) in [7, 11) is 0. The van der Waals surface area contributed by atoms with Crippen molar-refractivity contribution >= 4 is 34.3 Å². The number of nitrogens with two attached hydrogens (primary N) is 1. The number of thiophene rings is 1. The summed E-state index contributed by atoms with van der Waals surface area (Å²) in [6.45, 7) is 0. The molecule has 98 valence electrons. The lowest BCUT2D eigenvalue weighted by Crippen LogP contribution is -2.18. The van der Waals surface area contributed by atoms with Crippen LogP contribution in [0.1, 0.15) is 10.4 Å². The molecule has 19 heavy (non-hydrogen) atoms. The standard InChI is InChI=1S/C11H10N4O3S/c12-14-10-8(2-1-3-9(10)15(17)18)11(16)13-7-4-5-19-6-7/h1-6,14H,12H2,(H,13,16). The molecule has 0 fully saturated rings. The number of nitro groups is 1. The molecule has 0 atom stereocenters. The Morgan fingerprint density at radius 2 is 2.16 bits per heavy atom. The van der Waals surface area contributed by atoms with Crippen LogP contribution in [0.2, 0.25) is 0 Å². The van der Waals surface area contributed by atoms with Gasteiger partial charge in [-0.3, -0.25) is 20.8 Å². The number of anilines is 2. The number of amides is 1. The quantitative estimate of drug-likeness (QED) is 0.451. The van der Waals surface area contributed by atoms with Crippen molar-refractivity contribution in [3.05, 3.63) is 50.7 Å². The van der Waals surface area contributed by atoms with E-state index in [-0.39, 0.29) is 16.9 Å². The lowest BCUT2D eigenvalue weighted by Gasteiger charge is -2.08. The second kappa shape index (κ2) is 5.46. The van der Waals surface area contributed by atoms with Gasteiger partial charge >= 0.3 is 0 Å². The molecule has 0 unspecified atom stereocenters. The molecule has 0 saturated carbocycles. The average Bonchev–Trinajstić information content (AvgIpc) is 2.90. The minimum Gasteiger partial charge on any atom is -0.321 e. The second-order valence-corrected chi connectivity index (χ2v) is 4.35. The molecule has 1 heterocycles. The molecule has 0 aliphatic heterocycles. The zero-order valence-corrected chi connectivity index (χ0v) is 10.4. The largest absolute Gasteiger partial charge is 0.321 e. The monoisotopic (exact) mass is 278 g/mol. The van der Waals surface area contributed by atoms with Gasteiger partial charge in [0.1, 0.15) is 5.69 Å². The molecule has 7 nitrogen and oxygen atoms in total. The number of nitrogens with zero attached hydrogens (tertiary/aromatic N) is 1. The van der Waals surface area contributed by atoms with Crippen LogP contribution in [0, 0.1) is 10.1 Å². The maximum Gasteiger partial charge on any atom is 0.294 e. The van der Waals surface area contributed by atoms with E-state index in [1.165, 1.54) is 29.5 Å². The summed E-state index contributed by atoms with van der Waals surface area (Å²) in [5.41, 5.74) is 2.69. The van der Waals surface area contributed by atoms with E-state index in [2.05, 4.69) is 10.7 Å². The fraction of sp³-hybridized carbons (Fsp3) is 0. The van der Waals surface area contributed by atoms with E-state index in [4.69, 9.17) is 5.84 Å². The number of carbonyl (C=O) groups excluding carboxylic acids is 1. The first kappa shape index (κ1) is 13.0. The van der Waals surface area contributed by atoms with Gasteiger partial charge in [-0.1, -0.05) is 6.07 Å². The van der Waals surface area contributed by atoms with Crippen LogP contribution in [0.3, 0.4) is 0 Å². The number of benzene rings is 1. The third kappa shape index (κ3) is 2.69. The molecular weight excluding hydrogens is 268 g/mol. The van der Waals surface area contributed by atoms with Gasteiger partial charge in [-0.15, -0.1) is 0 Å². The summed E-state index contributed by atoms with van der Waals surface area (Å²) >= 11 is 1.43. The lowest BCUT2D eigenvalue weighted by molar-refractivity contribution is -0.384. The predicted molar refractivity (Wildman–Crippen MR) is 73.2 cm³/mol. The maximum absolute atomic E-state index is 12.0. The fourth-order valence-corrected chi connectivity index (χ4v) is 2.16. The van der Waals surface area contributed by atoms with Gasteiger partial charge in [0.2, 0.25) is 0 Å². The highest BCUT2D eigenvalue weighted by molar-refractivity contribution is 7.08. The highest BCUT2D eigenvalue weighted by Crippen LogP contribution is 2.28. The van der Waals surface area contributed by atoms with Gasteiger partial charge in [-0.25, -0.2) is 0 Å². The normalized spacial score (nSPS) is 9.95. The van der Waals surface area contributed by atoms with Crippen molar-refractivity contribution in [1.82, 2.24) is 0 Å². The Kier molecular flexibility index (Phi) is 3.74. The Bertz CT molecular complexity index is 612. The van der Waals surface area contributed by atoms with Crippen molar-refractivity contribution in [2.45, 2.75) is 0 Å². The average molecular weight is 278 g/mol. The van der Waals surface area contributed by atoms with E-state index >= 15 is 0 Å². The van der Waals surface area contributed by atoms with E-state index in [1.807, 2.05) is 5.38 Å². The lowest BCUT2D eigenvalue weighted by atomic mass is 10.1. The van der Waals surface area contributed by atoms with Crippen molar-refractivity contribution in [3.63, 3.8) is 0 Å². The van der Waals surface area contributed by atoms with E-state index in [0.717, 1.165) is 0 Å². The van der Waals surface area contributed by atoms with Crippen molar-refractivity contribution in [2.75, 3.05) is 10.7 Å². The zero-order chi connectivity index (χ0) is 13.8. The van der Waals surface area contributed by atoms with Gasteiger partial charge in [-0.05, 0) is 17.5 Å². The first-order chi connectivity index (χ1) is 9.13. The SMILES string of the molecule is NNc1c(C(=O)Nc2ccsc2)cccc1[N+](=O)[O-]. The Morgan fingerprint density at radius 1 is 1.37 bits per heavy atom. The van der Waals surface area contributed by atoms with Gasteiger partial charge < -0.3 is 10.7 Å². The maximum atomic E-state index is 12.0. The highest BCUT2D eigenvalue weighted by Gasteiger charge is 2.20. The van der Waals surface area contributed by atoms with Crippen LogP contribution in [-0.4, -0.2) is 10.8 Å². The number of nitrogens with one attached hydrogen (secondary N) is 2. The summed E-state index contributed by atoms with van der Waals surface area (Å²) in [6, 6.07) is 5.90. The molecule has 8 heteroatoms. The molecule has 0 spiro atoms. The number of hydrazine groups is 1. The Balaban J connectivity index is 2.36. The van der Waals surface area contributed by atoms with E-state index < -0.39 is 10.8 Å². The molecule has 2 rings (SSSR count). The molecule has 0 bridgehead atoms. The van der Waals surface area contributed by atoms with Gasteiger partial charge in [0, 0.05) is 11.4 Å². The Morgan fingerprint density at radius 3 is 2.74 bits per heavy atom. The van der Waals surface area contributed by atoms with Gasteiger partial charge in [-0.2, -0.15) is 11.3 Å². The first-order valence-corrected chi connectivity index (χ1v) is 6.15. The van der Waals surface area contributed by atoms with Crippen LogP contribution in [0.15, 0.2) is 35.0 Å². The number of para-hydroxylation sites is 1. The second-order valence-electron chi connectivity index (χ2n) is 3.57. The topological polar surface area (TPSA) is 110 Å². The van der Waals surface area contributed by atoms with Gasteiger partial charge in [0.25, 0.3) is 11.6 Å². The Labute approximate surface area is 112 Å². The zero-order valence-electron chi connectivity index (χ0n) is 9.62. The van der Waals surface area contributed by atoms with Crippen LogP contribution in [-0.2, 0) is 0 Å². The van der Waals surface area contributed by atoms with E-state index in [9.17, 15) is 14.9 Å². The molecule has 1 aromatic carbocycles. The number of carbonyl (C=O) groups is 1. The van der Waals surface area contributed by atoms with Gasteiger partial charge in [0.05, 0.1) is 16.2 Å². The van der Waals surface area contributed by atoms with Crippen molar-refractivity contribution in [2.24, 2.45) is 5.84 Å². The van der Waals surface area contributed by atoms with Crippen LogP contribution < -0.4 is 16.6 Å². The third-order valence-electron chi connectivity index (χ3n) is 2.41. The molecule has 0 radical (unpaired) electrons. The van der Waals surface area contributed by atoms with Crippen LogP contribution in [0.4, 0.5) is 17.1 Å². The highest BCUT2D eigenvalue weighted by atomic mass is 32.1. The van der Waals surface area contributed by atoms with Crippen LogP contribution in [0.25, 0.3) is 0 Å². The summed E-state index contributed by atoms with van der Waals surface area (Å²) in [4.78, 5) is 22.3. The molecular formula is C11H10N4O3S. The number of rotatable bonds is 4. The molecule has 1 amide bonds. The van der Waals surface area contributed by atoms with Crippen LogP contribution in [0.5, 0.6) is 0 Å². The molecule has 2 aromatic rings. The number of hydrogen-bond donors (Lipinski definition) is 3. The van der Waals surface area contributed by atoms with E-state index in [1.54, 1.807) is 11.4 Å². The fourth-order valence-electron chi connectivity index (χ4n) is 1.57. The molecule has 0 aliphatic rings. The summed E-state index contributed by atoms with van der Waals surface area (Å²) in [6.07, 6.45) is 0. The number of nitrogen functional groups attached to an aromatic ring is 1. The Hall–Kier alpha value is -2.45. The molecule has 0 aliphatic carbocycles. The summed E-state index contributed by atoms with van der Waals surface area (Å²) < 4.78 is 0. The van der Waals surface area contributed by atoms with Gasteiger partial charge in [0.15, 0.2) is 0 Å². The minimum atomic E-state index is -0.601. The number of nitro benzene ring substituents is 1. The molecule has 0 saturated heterocycles. The molecule has 1 aromatic heterocycles. The molecule has 4 N–H and O–H groups in total. The summed E-state index contributed by atoms with van der Waals surface area (Å²) in [5.74, 6) is 4.81. The minimum absolute atomic E-state index is 0.0137. The summed E-state index contributed by atoms with van der Waals surface area (Å²) in [5, 5.41) is 17.1. The van der Waals surface area contributed by atoms with Crippen LogP contribution >= 0.6 is 11.3 Å². The van der Waals surface area contributed by atoms with Crippen molar-refractivity contribution < 1.29 is 9.72 Å². The van der Waals surface area contributed by atoms with Crippen molar-refractivity contribution in [3.8, 4) is 0 Å². The first-order valence-electron chi connectivity index (χ1n) is 5.21. The smallest absolute Gasteiger partial charge is 0.294 e. The third-order valence-corrected chi connectivity index (χ3v) is 3.09. The number of hydrogen-bond acceptors (Lipinski definition) is 6.